The fraction of sp³-hybridized carbons (Fsp3) is 0.391. The standard InChI is InChI=1S/C23H25ClN2O3/c24-18-5-3-4-17(15-18)23(10-1-2-11-23)22(28)25-12-13-29-19-7-8-20-16(14-19)6-9-21(27)26-20/h3-5,7-8,14-15H,1-2,6,9-13H2,(H,25,28)(H,26,27). The number of carbonyl (C=O) groups excluding carboxylic acids is 2. The lowest BCUT2D eigenvalue weighted by Crippen LogP contribution is -2.44. The Labute approximate surface area is 175 Å². The zero-order valence-electron chi connectivity index (χ0n) is 16.3. The van der Waals surface area contributed by atoms with Crippen molar-refractivity contribution in [2.24, 2.45) is 0 Å². The molecule has 0 bridgehead atoms. The Morgan fingerprint density at radius 1 is 1.14 bits per heavy atom. The van der Waals surface area contributed by atoms with Crippen LogP contribution in [0, 0.1) is 0 Å². The van der Waals surface area contributed by atoms with Crippen LogP contribution < -0.4 is 15.4 Å². The van der Waals surface area contributed by atoms with E-state index in [1.165, 1.54) is 0 Å². The van der Waals surface area contributed by atoms with Gasteiger partial charge in [0, 0.05) is 17.1 Å². The molecule has 0 aromatic heterocycles. The van der Waals surface area contributed by atoms with Gasteiger partial charge in [0.15, 0.2) is 0 Å². The third-order valence-electron chi connectivity index (χ3n) is 5.90. The average molecular weight is 413 g/mol. The summed E-state index contributed by atoms with van der Waals surface area (Å²) in [6, 6.07) is 13.3. The number of hydrogen-bond donors (Lipinski definition) is 2. The minimum atomic E-state index is -0.491. The number of hydrogen-bond acceptors (Lipinski definition) is 3. The normalized spacial score (nSPS) is 17.3. The van der Waals surface area contributed by atoms with E-state index in [0.717, 1.165) is 54.7 Å². The van der Waals surface area contributed by atoms with Crippen LogP contribution in [0.1, 0.15) is 43.2 Å². The van der Waals surface area contributed by atoms with Crippen molar-refractivity contribution in [2.75, 3.05) is 18.5 Å². The highest BCUT2D eigenvalue weighted by atomic mass is 35.5. The first-order chi connectivity index (χ1) is 14.1. The second-order valence-corrected chi connectivity index (χ2v) is 8.21. The Balaban J connectivity index is 1.34. The SMILES string of the molecule is O=C1CCc2cc(OCCNC(=O)C3(c4cccc(Cl)c4)CCCC3)ccc2N1. The highest BCUT2D eigenvalue weighted by Gasteiger charge is 2.42. The molecular formula is C23H25ClN2O3. The molecule has 2 aromatic carbocycles. The first kappa shape index (κ1) is 19.8. The largest absolute Gasteiger partial charge is 0.492 e. The summed E-state index contributed by atoms with van der Waals surface area (Å²) in [5.74, 6) is 0.850. The van der Waals surface area contributed by atoms with Crippen LogP contribution >= 0.6 is 11.6 Å². The molecule has 0 saturated heterocycles. The fourth-order valence-corrected chi connectivity index (χ4v) is 4.55. The fourth-order valence-electron chi connectivity index (χ4n) is 4.36. The topological polar surface area (TPSA) is 67.4 Å². The Morgan fingerprint density at radius 3 is 2.76 bits per heavy atom. The van der Waals surface area contributed by atoms with Crippen LogP contribution in [0.2, 0.25) is 5.02 Å². The molecular weight excluding hydrogens is 388 g/mol. The smallest absolute Gasteiger partial charge is 0.230 e. The van der Waals surface area contributed by atoms with Crippen LogP contribution in [-0.4, -0.2) is 25.0 Å². The van der Waals surface area contributed by atoms with Crippen molar-refractivity contribution in [1.82, 2.24) is 5.32 Å². The van der Waals surface area contributed by atoms with Gasteiger partial charge in [0.05, 0.1) is 12.0 Å². The van der Waals surface area contributed by atoms with Gasteiger partial charge < -0.3 is 15.4 Å². The quantitative estimate of drug-likeness (QED) is 0.697. The molecule has 6 heteroatoms. The van der Waals surface area contributed by atoms with E-state index in [4.69, 9.17) is 16.3 Å². The van der Waals surface area contributed by atoms with Gasteiger partial charge in [0.2, 0.25) is 11.8 Å². The first-order valence-electron chi connectivity index (χ1n) is 10.2. The van der Waals surface area contributed by atoms with Gasteiger partial charge in [-0.2, -0.15) is 0 Å². The van der Waals surface area contributed by atoms with Crippen LogP contribution in [0.25, 0.3) is 0 Å². The summed E-state index contributed by atoms with van der Waals surface area (Å²) in [5.41, 5.74) is 2.44. The van der Waals surface area contributed by atoms with E-state index in [1.54, 1.807) is 0 Å². The number of carbonyl (C=O) groups is 2. The monoisotopic (exact) mass is 412 g/mol. The van der Waals surface area contributed by atoms with Crippen LogP contribution in [0.15, 0.2) is 42.5 Å². The molecule has 152 valence electrons. The van der Waals surface area contributed by atoms with Gasteiger partial charge >= 0.3 is 0 Å². The lowest BCUT2D eigenvalue weighted by molar-refractivity contribution is -0.126. The highest BCUT2D eigenvalue weighted by molar-refractivity contribution is 6.30. The molecule has 1 saturated carbocycles. The maximum Gasteiger partial charge on any atom is 0.230 e. The molecule has 0 atom stereocenters. The van der Waals surface area contributed by atoms with E-state index in [2.05, 4.69) is 10.6 Å². The summed E-state index contributed by atoms with van der Waals surface area (Å²) in [4.78, 5) is 24.5. The van der Waals surface area contributed by atoms with Crippen molar-refractivity contribution in [3.63, 3.8) is 0 Å². The van der Waals surface area contributed by atoms with E-state index in [1.807, 2.05) is 42.5 Å². The summed E-state index contributed by atoms with van der Waals surface area (Å²) in [7, 11) is 0. The molecule has 2 aromatic rings. The van der Waals surface area contributed by atoms with Gasteiger partial charge in [-0.25, -0.2) is 0 Å². The number of fused-ring (bicyclic) bond motifs is 1. The van der Waals surface area contributed by atoms with Crippen molar-refractivity contribution < 1.29 is 14.3 Å². The van der Waals surface area contributed by atoms with Gasteiger partial charge in [-0.15, -0.1) is 0 Å². The number of ether oxygens (including phenoxy) is 1. The molecule has 1 aliphatic heterocycles. The van der Waals surface area contributed by atoms with E-state index in [9.17, 15) is 9.59 Å². The summed E-state index contributed by atoms with van der Waals surface area (Å²) in [6.07, 6.45) is 4.99. The molecule has 2 aliphatic rings. The number of anilines is 1. The van der Waals surface area contributed by atoms with Crippen molar-refractivity contribution in [3.05, 3.63) is 58.6 Å². The Kier molecular flexibility index (Phi) is 5.76. The molecule has 2 N–H and O–H groups in total. The Morgan fingerprint density at radius 2 is 1.97 bits per heavy atom. The van der Waals surface area contributed by atoms with Gasteiger partial charge in [-0.3, -0.25) is 9.59 Å². The van der Waals surface area contributed by atoms with Crippen molar-refractivity contribution in [1.29, 1.82) is 0 Å². The average Bonchev–Trinajstić information content (AvgIpc) is 3.22. The van der Waals surface area contributed by atoms with Crippen LogP contribution in [0.4, 0.5) is 5.69 Å². The zero-order valence-corrected chi connectivity index (χ0v) is 17.1. The number of benzene rings is 2. The van der Waals surface area contributed by atoms with Crippen LogP contribution in [0.3, 0.4) is 0 Å². The lowest BCUT2D eigenvalue weighted by Gasteiger charge is -2.28. The minimum absolute atomic E-state index is 0.0500. The predicted octanol–water partition coefficient (Wildman–Crippen LogP) is 4.23. The molecule has 1 fully saturated rings. The third-order valence-corrected chi connectivity index (χ3v) is 6.13. The van der Waals surface area contributed by atoms with E-state index in [0.29, 0.717) is 24.6 Å². The van der Waals surface area contributed by atoms with Gasteiger partial charge in [-0.1, -0.05) is 36.6 Å². The number of halogens is 1. The Bertz CT molecular complexity index is 922. The van der Waals surface area contributed by atoms with Gasteiger partial charge in [0.1, 0.15) is 12.4 Å². The maximum atomic E-state index is 13.1. The van der Waals surface area contributed by atoms with Crippen molar-refractivity contribution in [3.8, 4) is 5.75 Å². The molecule has 0 radical (unpaired) electrons. The molecule has 0 unspecified atom stereocenters. The van der Waals surface area contributed by atoms with Crippen molar-refractivity contribution in [2.45, 2.75) is 43.9 Å². The van der Waals surface area contributed by atoms with E-state index in [-0.39, 0.29) is 11.8 Å². The van der Waals surface area contributed by atoms with E-state index >= 15 is 0 Å². The molecule has 29 heavy (non-hydrogen) atoms. The molecule has 4 rings (SSSR count). The Hall–Kier alpha value is -2.53. The zero-order chi connectivity index (χ0) is 20.3. The summed E-state index contributed by atoms with van der Waals surface area (Å²) >= 11 is 6.17. The molecule has 0 spiro atoms. The number of amides is 2. The van der Waals surface area contributed by atoms with Crippen molar-refractivity contribution >= 4 is 29.1 Å². The lowest BCUT2D eigenvalue weighted by atomic mass is 9.78. The molecule has 5 nitrogen and oxygen atoms in total. The predicted molar refractivity (Wildman–Crippen MR) is 113 cm³/mol. The third kappa shape index (κ3) is 4.25. The molecule has 1 heterocycles. The summed E-state index contributed by atoms with van der Waals surface area (Å²) < 4.78 is 5.82. The van der Waals surface area contributed by atoms with E-state index < -0.39 is 5.41 Å². The minimum Gasteiger partial charge on any atom is -0.492 e. The van der Waals surface area contributed by atoms with Gasteiger partial charge in [0.25, 0.3) is 0 Å². The van der Waals surface area contributed by atoms with Crippen LogP contribution in [-0.2, 0) is 21.4 Å². The number of nitrogens with one attached hydrogen (secondary N) is 2. The number of aryl methyl sites for hydroxylation is 1. The highest BCUT2D eigenvalue weighted by Crippen LogP contribution is 2.42. The molecule has 2 amide bonds. The van der Waals surface area contributed by atoms with Crippen LogP contribution in [0.5, 0.6) is 5.75 Å². The summed E-state index contributed by atoms with van der Waals surface area (Å²) in [5, 5.41) is 6.58. The second kappa shape index (κ2) is 8.46. The second-order valence-electron chi connectivity index (χ2n) is 7.77. The molecule has 1 aliphatic carbocycles. The first-order valence-corrected chi connectivity index (χ1v) is 10.5. The summed E-state index contributed by atoms with van der Waals surface area (Å²) in [6.45, 7) is 0.831. The van der Waals surface area contributed by atoms with Gasteiger partial charge in [-0.05, 0) is 60.7 Å². The number of rotatable bonds is 6. The maximum absolute atomic E-state index is 13.1.